The summed E-state index contributed by atoms with van der Waals surface area (Å²) in [6.07, 6.45) is 1.12. The Morgan fingerprint density at radius 1 is 1.35 bits per heavy atom. The Kier molecular flexibility index (Phi) is 5.02. The first-order chi connectivity index (χ1) is 7.92. The zero-order valence-electron chi connectivity index (χ0n) is 11.5. The van der Waals surface area contributed by atoms with Crippen molar-refractivity contribution in [2.75, 3.05) is 19.0 Å². The van der Waals surface area contributed by atoms with Gasteiger partial charge >= 0.3 is 0 Å². The van der Waals surface area contributed by atoms with Gasteiger partial charge in [0.15, 0.2) is 0 Å². The first-order valence-corrected chi connectivity index (χ1v) is 6.88. The smallest absolute Gasteiger partial charge is 0.0512 e. The number of hydrogen-bond donors (Lipinski definition) is 1. The fourth-order valence-corrected chi connectivity index (χ4v) is 2.39. The number of nitrogens with zero attached hydrogens (tertiary/aromatic N) is 1. The van der Waals surface area contributed by atoms with Gasteiger partial charge in [0, 0.05) is 23.6 Å². The van der Waals surface area contributed by atoms with Gasteiger partial charge in [0.2, 0.25) is 0 Å². The second kappa shape index (κ2) is 5.87. The predicted octanol–water partition coefficient (Wildman–Crippen LogP) is 3.79. The third-order valence-corrected chi connectivity index (χ3v) is 4.16. The molecular weight excluding hydrogens is 276 g/mol. The number of halogens is 1. The fourth-order valence-electron chi connectivity index (χ4n) is 1.70. The van der Waals surface area contributed by atoms with Crippen LogP contribution in [0.3, 0.4) is 0 Å². The lowest BCUT2D eigenvalue weighted by atomic mass is 9.99. The maximum absolute atomic E-state index is 3.67. The van der Waals surface area contributed by atoms with Gasteiger partial charge in [-0.1, -0.05) is 13.0 Å². The quantitative estimate of drug-likeness (QED) is 0.890. The van der Waals surface area contributed by atoms with Crippen LogP contribution in [-0.4, -0.2) is 19.6 Å². The van der Waals surface area contributed by atoms with Crippen molar-refractivity contribution in [3.63, 3.8) is 0 Å². The number of benzene rings is 1. The van der Waals surface area contributed by atoms with Gasteiger partial charge in [-0.05, 0) is 60.9 Å². The van der Waals surface area contributed by atoms with E-state index in [1.54, 1.807) is 0 Å². The van der Waals surface area contributed by atoms with Crippen molar-refractivity contribution >= 4 is 21.6 Å². The normalized spacial score (nSPS) is 11.6. The van der Waals surface area contributed by atoms with Gasteiger partial charge in [-0.2, -0.15) is 0 Å². The second-order valence-corrected chi connectivity index (χ2v) is 5.90. The molecule has 0 fully saturated rings. The van der Waals surface area contributed by atoms with E-state index in [0.717, 1.165) is 17.4 Å². The molecule has 0 unspecified atom stereocenters. The summed E-state index contributed by atoms with van der Waals surface area (Å²) in [7, 11) is 4.12. The molecule has 3 heteroatoms. The van der Waals surface area contributed by atoms with E-state index in [1.165, 1.54) is 11.3 Å². The zero-order chi connectivity index (χ0) is 13.1. The van der Waals surface area contributed by atoms with Crippen molar-refractivity contribution in [1.82, 2.24) is 5.32 Å². The lowest BCUT2D eigenvalue weighted by Gasteiger charge is -2.37. The Bertz CT molecular complexity index is 374. The summed E-state index contributed by atoms with van der Waals surface area (Å²) < 4.78 is 1.16. The summed E-state index contributed by atoms with van der Waals surface area (Å²) >= 11 is 3.67. The monoisotopic (exact) mass is 298 g/mol. The molecule has 0 aliphatic carbocycles. The number of nitrogens with one attached hydrogen (secondary N) is 1. The van der Waals surface area contributed by atoms with E-state index in [4.69, 9.17) is 0 Å². The standard InChI is InChI=1S/C14H23BrN2/c1-6-14(2,3)17(5)13-8-7-11(10-16-4)9-12(13)15/h7-9,16H,6,10H2,1-5H3. The molecule has 0 spiro atoms. The Labute approximate surface area is 114 Å². The van der Waals surface area contributed by atoms with Crippen molar-refractivity contribution in [2.45, 2.75) is 39.3 Å². The first kappa shape index (κ1) is 14.5. The van der Waals surface area contributed by atoms with Crippen molar-refractivity contribution in [1.29, 1.82) is 0 Å². The molecule has 17 heavy (non-hydrogen) atoms. The van der Waals surface area contributed by atoms with Crippen LogP contribution in [0.1, 0.15) is 32.8 Å². The third kappa shape index (κ3) is 3.46. The Hall–Kier alpha value is -0.540. The molecule has 0 saturated heterocycles. The van der Waals surface area contributed by atoms with Gasteiger partial charge in [0.05, 0.1) is 5.69 Å². The minimum Gasteiger partial charge on any atom is -0.369 e. The van der Waals surface area contributed by atoms with Gasteiger partial charge in [-0.25, -0.2) is 0 Å². The van der Waals surface area contributed by atoms with Crippen molar-refractivity contribution < 1.29 is 0 Å². The lowest BCUT2D eigenvalue weighted by Crippen LogP contribution is -2.40. The van der Waals surface area contributed by atoms with Crippen LogP contribution in [0.25, 0.3) is 0 Å². The van der Waals surface area contributed by atoms with Crippen LogP contribution in [0.5, 0.6) is 0 Å². The van der Waals surface area contributed by atoms with E-state index in [9.17, 15) is 0 Å². The van der Waals surface area contributed by atoms with E-state index in [0.29, 0.717) is 0 Å². The number of anilines is 1. The molecule has 0 aliphatic rings. The molecule has 1 aromatic rings. The molecule has 0 atom stereocenters. The minimum atomic E-state index is 0.174. The Morgan fingerprint density at radius 2 is 2.00 bits per heavy atom. The fraction of sp³-hybridized carbons (Fsp3) is 0.571. The van der Waals surface area contributed by atoms with Crippen LogP contribution in [0.4, 0.5) is 5.69 Å². The molecular formula is C14H23BrN2. The van der Waals surface area contributed by atoms with E-state index in [1.807, 2.05) is 7.05 Å². The molecule has 1 rings (SSSR count). The minimum absolute atomic E-state index is 0.174. The van der Waals surface area contributed by atoms with E-state index in [-0.39, 0.29) is 5.54 Å². The average molecular weight is 299 g/mol. The highest BCUT2D eigenvalue weighted by Crippen LogP contribution is 2.32. The first-order valence-electron chi connectivity index (χ1n) is 6.09. The highest BCUT2D eigenvalue weighted by molar-refractivity contribution is 9.10. The summed E-state index contributed by atoms with van der Waals surface area (Å²) in [5, 5.41) is 3.17. The van der Waals surface area contributed by atoms with Crippen molar-refractivity contribution in [2.24, 2.45) is 0 Å². The van der Waals surface area contributed by atoms with Gasteiger partial charge in [0.25, 0.3) is 0 Å². The van der Waals surface area contributed by atoms with Crippen LogP contribution < -0.4 is 10.2 Å². The summed E-state index contributed by atoms with van der Waals surface area (Å²) in [4.78, 5) is 2.33. The molecule has 0 heterocycles. The maximum atomic E-state index is 3.67. The van der Waals surface area contributed by atoms with E-state index in [2.05, 4.69) is 72.2 Å². The molecule has 0 radical (unpaired) electrons. The molecule has 0 aliphatic heterocycles. The van der Waals surface area contributed by atoms with Crippen LogP contribution in [0.2, 0.25) is 0 Å². The number of hydrogen-bond acceptors (Lipinski definition) is 2. The molecule has 1 aromatic carbocycles. The van der Waals surface area contributed by atoms with Gasteiger partial charge in [0.1, 0.15) is 0 Å². The van der Waals surface area contributed by atoms with Gasteiger partial charge in [-0.3, -0.25) is 0 Å². The highest BCUT2D eigenvalue weighted by Gasteiger charge is 2.22. The number of rotatable bonds is 5. The second-order valence-electron chi connectivity index (χ2n) is 5.04. The molecule has 0 aromatic heterocycles. The predicted molar refractivity (Wildman–Crippen MR) is 79.7 cm³/mol. The largest absolute Gasteiger partial charge is 0.369 e. The Morgan fingerprint density at radius 3 is 2.47 bits per heavy atom. The summed E-state index contributed by atoms with van der Waals surface area (Å²) in [6, 6.07) is 6.56. The molecule has 1 N–H and O–H groups in total. The highest BCUT2D eigenvalue weighted by atomic mass is 79.9. The van der Waals surface area contributed by atoms with Crippen LogP contribution in [0, 0.1) is 0 Å². The topological polar surface area (TPSA) is 15.3 Å². The van der Waals surface area contributed by atoms with Gasteiger partial charge in [-0.15, -0.1) is 0 Å². The maximum Gasteiger partial charge on any atom is 0.0512 e. The Balaban J connectivity index is 2.99. The lowest BCUT2D eigenvalue weighted by molar-refractivity contribution is 0.470. The third-order valence-electron chi connectivity index (χ3n) is 3.53. The summed E-state index contributed by atoms with van der Waals surface area (Å²) in [6.45, 7) is 7.65. The molecule has 2 nitrogen and oxygen atoms in total. The average Bonchev–Trinajstić information content (AvgIpc) is 2.29. The molecule has 0 saturated carbocycles. The molecule has 0 amide bonds. The van der Waals surface area contributed by atoms with Crippen molar-refractivity contribution in [3.05, 3.63) is 28.2 Å². The van der Waals surface area contributed by atoms with E-state index < -0.39 is 0 Å². The van der Waals surface area contributed by atoms with Crippen LogP contribution in [0.15, 0.2) is 22.7 Å². The van der Waals surface area contributed by atoms with E-state index >= 15 is 0 Å². The molecule has 0 bridgehead atoms. The zero-order valence-corrected chi connectivity index (χ0v) is 13.1. The van der Waals surface area contributed by atoms with Gasteiger partial charge < -0.3 is 10.2 Å². The molecule has 96 valence electrons. The van der Waals surface area contributed by atoms with Crippen LogP contribution >= 0.6 is 15.9 Å². The van der Waals surface area contributed by atoms with Crippen molar-refractivity contribution in [3.8, 4) is 0 Å². The van der Waals surface area contributed by atoms with Crippen LogP contribution in [-0.2, 0) is 6.54 Å². The summed E-state index contributed by atoms with van der Waals surface area (Å²) in [5.41, 5.74) is 2.72. The SMILES string of the molecule is CCC(C)(C)N(C)c1ccc(CNC)cc1Br. The summed E-state index contributed by atoms with van der Waals surface area (Å²) in [5.74, 6) is 0.